The van der Waals surface area contributed by atoms with Crippen LogP contribution >= 0.6 is 0 Å². The second-order valence-electron chi connectivity index (χ2n) is 7.55. The molecule has 0 saturated carbocycles. The number of aliphatic hydroxyl groups is 1. The fourth-order valence-corrected chi connectivity index (χ4v) is 2.62. The van der Waals surface area contributed by atoms with Crippen molar-refractivity contribution in [2.75, 3.05) is 13.7 Å². The van der Waals surface area contributed by atoms with Gasteiger partial charge in [-0.25, -0.2) is 0 Å². The van der Waals surface area contributed by atoms with Gasteiger partial charge in [-0.3, -0.25) is 14.6 Å². The summed E-state index contributed by atoms with van der Waals surface area (Å²) in [4.78, 5) is 32.7. The molecule has 1 amide bonds. The average molecular weight is 455 g/mol. The Morgan fingerprint density at radius 1 is 1.16 bits per heavy atom. The average Bonchev–Trinajstić information content (AvgIpc) is 2.68. The largest absolute Gasteiger partial charge is 0.481 e. The van der Waals surface area contributed by atoms with Gasteiger partial charge in [-0.05, 0) is 39.0 Å². The van der Waals surface area contributed by atoms with Crippen molar-refractivity contribution < 1.29 is 37.3 Å². The van der Waals surface area contributed by atoms with Crippen LogP contribution in [-0.4, -0.2) is 52.3 Å². The van der Waals surface area contributed by atoms with Crippen LogP contribution in [-0.2, 0) is 17.8 Å². The molecule has 0 aliphatic carbocycles. The Balaban J connectivity index is 2.09. The highest BCUT2D eigenvalue weighted by Gasteiger charge is 2.29. The van der Waals surface area contributed by atoms with Crippen molar-refractivity contribution in [3.8, 4) is 11.8 Å². The van der Waals surface area contributed by atoms with Crippen LogP contribution in [0.3, 0.4) is 0 Å². The molecule has 174 valence electrons. The van der Waals surface area contributed by atoms with E-state index in [2.05, 4.69) is 20.0 Å². The fraction of sp³-hybridized carbons (Fsp3) is 0.429. The standard InChI is InChI=1S/C21H24F3N3O5/c1-12-7-14(8-15(26-12)9-16(28)20(2,3)30)18(29)25-10-13-5-6-17(27-19(13)31-4)32-11-21(22,23)24/h5-8,30H,9-11H2,1-4H3,(H,25,29). The molecule has 2 rings (SSSR count). The first-order valence-corrected chi connectivity index (χ1v) is 9.53. The van der Waals surface area contributed by atoms with Crippen molar-refractivity contribution in [2.45, 2.75) is 45.5 Å². The van der Waals surface area contributed by atoms with E-state index in [0.29, 0.717) is 17.0 Å². The van der Waals surface area contributed by atoms with Crippen LogP contribution in [0.4, 0.5) is 13.2 Å². The van der Waals surface area contributed by atoms with Gasteiger partial charge in [0, 0.05) is 35.1 Å². The van der Waals surface area contributed by atoms with E-state index in [-0.39, 0.29) is 30.3 Å². The minimum absolute atomic E-state index is 0.00680. The highest BCUT2D eigenvalue weighted by molar-refractivity contribution is 5.95. The fourth-order valence-electron chi connectivity index (χ4n) is 2.62. The normalized spacial score (nSPS) is 11.8. The third-order valence-electron chi connectivity index (χ3n) is 4.22. The lowest BCUT2D eigenvalue weighted by Gasteiger charge is -2.15. The second-order valence-corrected chi connectivity index (χ2v) is 7.55. The molecule has 0 aliphatic heterocycles. The second kappa shape index (κ2) is 9.94. The number of nitrogens with one attached hydrogen (secondary N) is 1. The van der Waals surface area contributed by atoms with Crippen molar-refractivity contribution in [3.63, 3.8) is 0 Å². The third kappa shape index (κ3) is 7.49. The number of methoxy groups -OCH3 is 1. The summed E-state index contributed by atoms with van der Waals surface area (Å²) in [5.41, 5.74) is 0.0127. The maximum Gasteiger partial charge on any atom is 0.422 e. The molecule has 0 aliphatic rings. The summed E-state index contributed by atoms with van der Waals surface area (Å²) in [6.07, 6.45) is -4.64. The number of hydrogen-bond acceptors (Lipinski definition) is 7. The van der Waals surface area contributed by atoms with E-state index in [0.717, 1.165) is 0 Å². The lowest BCUT2D eigenvalue weighted by molar-refractivity contribution is -0.154. The monoisotopic (exact) mass is 455 g/mol. The Morgan fingerprint density at radius 2 is 1.84 bits per heavy atom. The Bertz CT molecular complexity index is 988. The lowest BCUT2D eigenvalue weighted by atomic mass is 9.98. The zero-order valence-electron chi connectivity index (χ0n) is 18.0. The number of aromatic nitrogens is 2. The summed E-state index contributed by atoms with van der Waals surface area (Å²) < 4.78 is 46.5. The van der Waals surface area contributed by atoms with Crippen LogP contribution in [0.25, 0.3) is 0 Å². The maximum atomic E-state index is 12.6. The Kier molecular flexibility index (Phi) is 7.78. The first kappa shape index (κ1) is 25.1. The van der Waals surface area contributed by atoms with Crippen LogP contribution in [0.1, 0.15) is 41.2 Å². The number of ether oxygens (including phenoxy) is 2. The van der Waals surface area contributed by atoms with Gasteiger partial charge in [0.2, 0.25) is 11.8 Å². The van der Waals surface area contributed by atoms with Gasteiger partial charge < -0.3 is 19.9 Å². The zero-order valence-corrected chi connectivity index (χ0v) is 18.0. The van der Waals surface area contributed by atoms with Gasteiger partial charge in [0.25, 0.3) is 5.91 Å². The highest BCUT2D eigenvalue weighted by atomic mass is 19.4. The predicted molar refractivity (Wildman–Crippen MR) is 107 cm³/mol. The van der Waals surface area contributed by atoms with Gasteiger partial charge in [-0.1, -0.05) is 0 Å². The van der Waals surface area contributed by atoms with Gasteiger partial charge in [-0.15, -0.1) is 0 Å². The molecule has 2 heterocycles. The summed E-state index contributed by atoms with van der Waals surface area (Å²) in [5, 5.41) is 12.5. The first-order chi connectivity index (χ1) is 14.8. The minimum Gasteiger partial charge on any atom is -0.481 e. The molecular formula is C21H24F3N3O5. The number of amides is 1. The summed E-state index contributed by atoms with van der Waals surface area (Å²) in [6, 6.07) is 5.67. The molecule has 2 aromatic rings. The number of carbonyl (C=O) groups is 2. The van der Waals surface area contributed by atoms with Crippen molar-refractivity contribution in [1.29, 1.82) is 0 Å². The number of hydrogen-bond donors (Lipinski definition) is 2. The summed E-state index contributed by atoms with van der Waals surface area (Å²) in [7, 11) is 1.29. The van der Waals surface area contributed by atoms with Crippen molar-refractivity contribution in [2.24, 2.45) is 0 Å². The minimum atomic E-state index is -4.50. The highest BCUT2D eigenvalue weighted by Crippen LogP contribution is 2.22. The number of halogens is 3. The predicted octanol–water partition coefficient (Wildman–Crippen LogP) is 2.55. The number of ketones is 1. The molecule has 0 fully saturated rings. The van der Waals surface area contributed by atoms with Gasteiger partial charge in [0.15, 0.2) is 12.4 Å². The number of carbonyl (C=O) groups excluding carboxylic acids is 2. The smallest absolute Gasteiger partial charge is 0.422 e. The summed E-state index contributed by atoms with van der Waals surface area (Å²) in [6.45, 7) is 2.91. The molecule has 8 nitrogen and oxygen atoms in total. The first-order valence-electron chi connectivity index (χ1n) is 9.53. The van der Waals surface area contributed by atoms with E-state index in [4.69, 9.17) is 4.74 Å². The summed E-state index contributed by atoms with van der Waals surface area (Å²) >= 11 is 0. The number of alkyl halides is 3. The SMILES string of the molecule is COc1nc(OCC(F)(F)F)ccc1CNC(=O)c1cc(C)nc(CC(=O)C(C)(C)O)c1. The molecule has 2 aromatic heterocycles. The number of nitrogens with zero attached hydrogens (tertiary/aromatic N) is 2. The van der Waals surface area contributed by atoms with Crippen LogP contribution in [0, 0.1) is 6.92 Å². The van der Waals surface area contributed by atoms with Crippen LogP contribution in [0.15, 0.2) is 24.3 Å². The van der Waals surface area contributed by atoms with Crippen molar-refractivity contribution in [1.82, 2.24) is 15.3 Å². The van der Waals surface area contributed by atoms with Gasteiger partial charge in [0.1, 0.15) is 5.60 Å². The van der Waals surface area contributed by atoms with Crippen LogP contribution in [0.5, 0.6) is 11.8 Å². The molecule has 0 saturated heterocycles. The van der Waals surface area contributed by atoms with E-state index in [1.807, 2.05) is 0 Å². The quantitative estimate of drug-likeness (QED) is 0.598. The van der Waals surface area contributed by atoms with Gasteiger partial charge in [-0.2, -0.15) is 18.2 Å². The van der Waals surface area contributed by atoms with Crippen molar-refractivity contribution >= 4 is 11.7 Å². The maximum absolute atomic E-state index is 12.6. The summed E-state index contributed by atoms with van der Waals surface area (Å²) in [5.74, 6) is -1.16. The van der Waals surface area contributed by atoms with Gasteiger partial charge in [0.05, 0.1) is 13.5 Å². The van der Waals surface area contributed by atoms with Crippen LogP contribution < -0.4 is 14.8 Å². The molecule has 32 heavy (non-hydrogen) atoms. The Morgan fingerprint density at radius 3 is 2.44 bits per heavy atom. The van der Waals surface area contributed by atoms with E-state index in [1.165, 1.54) is 45.2 Å². The van der Waals surface area contributed by atoms with E-state index in [1.54, 1.807) is 6.92 Å². The molecule has 2 N–H and O–H groups in total. The molecular weight excluding hydrogens is 431 g/mol. The number of Topliss-reactive ketones (excluding diaryl/α,β-unsaturated/α-hetero) is 1. The molecule has 0 spiro atoms. The number of pyridine rings is 2. The van der Waals surface area contributed by atoms with Crippen LogP contribution in [0.2, 0.25) is 0 Å². The van der Waals surface area contributed by atoms with Gasteiger partial charge >= 0.3 is 6.18 Å². The Hall–Kier alpha value is -3.21. The number of aryl methyl sites for hydroxylation is 1. The van der Waals surface area contributed by atoms with E-state index < -0.39 is 30.1 Å². The Labute approximate surface area is 182 Å². The molecule has 0 bridgehead atoms. The topological polar surface area (TPSA) is 111 Å². The third-order valence-corrected chi connectivity index (χ3v) is 4.22. The molecule has 11 heteroatoms. The molecule has 0 unspecified atom stereocenters. The molecule has 0 radical (unpaired) electrons. The van der Waals surface area contributed by atoms with E-state index in [9.17, 15) is 27.9 Å². The number of rotatable bonds is 9. The van der Waals surface area contributed by atoms with Crippen molar-refractivity contribution in [3.05, 3.63) is 46.8 Å². The molecule has 0 aromatic carbocycles. The van der Waals surface area contributed by atoms with E-state index >= 15 is 0 Å². The zero-order chi connectivity index (χ0) is 24.1. The lowest BCUT2D eigenvalue weighted by Crippen LogP contribution is -2.33. The molecule has 0 atom stereocenters.